The Morgan fingerprint density at radius 2 is 1.79 bits per heavy atom. The Morgan fingerprint density at radius 1 is 1.09 bits per heavy atom. The Morgan fingerprint density at radius 3 is 2.47 bits per heavy atom. The number of nitrogens with one attached hydrogen (secondary N) is 2. The topological polar surface area (TPSA) is 101 Å². The van der Waals surface area contributed by atoms with Gasteiger partial charge in [-0.1, -0.05) is 22.8 Å². The molecule has 2 aliphatic heterocycles. The van der Waals surface area contributed by atoms with Gasteiger partial charge in [0.25, 0.3) is 5.91 Å². The van der Waals surface area contributed by atoms with Crippen LogP contribution in [0, 0.1) is 0 Å². The SMILES string of the molecule is COc1ccc(CNC(=O)C2=NOC3(CCN(C(=O)Nc4ccc(Cl)cc4)CC3)C2)cc1OC. The number of amides is 3. The Labute approximate surface area is 203 Å². The van der Waals surface area contributed by atoms with E-state index in [0.29, 0.717) is 66.8 Å². The van der Waals surface area contributed by atoms with Crippen molar-refractivity contribution in [1.29, 1.82) is 0 Å². The lowest BCUT2D eigenvalue weighted by Gasteiger charge is -2.37. The van der Waals surface area contributed by atoms with Gasteiger partial charge >= 0.3 is 6.03 Å². The fraction of sp³-hybridized carbons (Fsp3) is 0.375. The molecule has 2 aromatic carbocycles. The van der Waals surface area contributed by atoms with Crippen molar-refractivity contribution in [1.82, 2.24) is 10.2 Å². The van der Waals surface area contributed by atoms with E-state index in [0.717, 1.165) is 5.56 Å². The number of ether oxygens (including phenoxy) is 2. The molecule has 1 saturated heterocycles. The molecule has 4 rings (SSSR count). The molecule has 0 radical (unpaired) electrons. The van der Waals surface area contributed by atoms with Gasteiger partial charge in [0.15, 0.2) is 11.5 Å². The molecule has 180 valence electrons. The Balaban J connectivity index is 1.25. The van der Waals surface area contributed by atoms with Crippen molar-refractivity contribution >= 4 is 34.9 Å². The first-order valence-corrected chi connectivity index (χ1v) is 11.3. The van der Waals surface area contributed by atoms with Crippen LogP contribution in [0.4, 0.5) is 10.5 Å². The van der Waals surface area contributed by atoms with Crippen LogP contribution in [-0.2, 0) is 16.2 Å². The molecule has 2 aliphatic rings. The molecular weight excluding hydrogens is 460 g/mol. The average Bonchev–Trinajstić information content (AvgIpc) is 3.27. The third-order valence-electron chi connectivity index (χ3n) is 6.06. The van der Waals surface area contributed by atoms with Gasteiger partial charge < -0.3 is 29.8 Å². The smallest absolute Gasteiger partial charge is 0.321 e. The van der Waals surface area contributed by atoms with Crippen molar-refractivity contribution in [3.05, 3.63) is 53.1 Å². The summed E-state index contributed by atoms with van der Waals surface area (Å²) in [5.74, 6) is 0.956. The van der Waals surface area contributed by atoms with E-state index in [1.54, 1.807) is 49.5 Å². The molecule has 0 atom stereocenters. The van der Waals surface area contributed by atoms with E-state index in [9.17, 15) is 9.59 Å². The summed E-state index contributed by atoms with van der Waals surface area (Å²) < 4.78 is 10.5. The number of anilines is 1. The van der Waals surface area contributed by atoms with E-state index in [4.69, 9.17) is 25.9 Å². The van der Waals surface area contributed by atoms with Gasteiger partial charge in [0.2, 0.25) is 0 Å². The Bertz CT molecular complexity index is 1080. The number of hydrogen-bond donors (Lipinski definition) is 2. The normalized spacial score (nSPS) is 16.4. The number of likely N-dealkylation sites (tertiary alicyclic amines) is 1. The van der Waals surface area contributed by atoms with E-state index in [-0.39, 0.29) is 11.9 Å². The summed E-state index contributed by atoms with van der Waals surface area (Å²) in [7, 11) is 3.14. The van der Waals surface area contributed by atoms with Crippen LogP contribution in [0.3, 0.4) is 0 Å². The molecule has 2 heterocycles. The first-order valence-electron chi connectivity index (χ1n) is 11.0. The van der Waals surface area contributed by atoms with Gasteiger partial charge in [0.1, 0.15) is 11.3 Å². The van der Waals surface area contributed by atoms with Crippen molar-refractivity contribution in [2.45, 2.75) is 31.4 Å². The zero-order chi connectivity index (χ0) is 24.1. The van der Waals surface area contributed by atoms with Gasteiger partial charge in [-0.05, 0) is 42.0 Å². The van der Waals surface area contributed by atoms with Crippen molar-refractivity contribution in [2.75, 3.05) is 32.6 Å². The van der Waals surface area contributed by atoms with Crippen LogP contribution in [0.5, 0.6) is 11.5 Å². The third kappa shape index (κ3) is 5.36. The standard InChI is InChI=1S/C24H27ClN4O5/c1-32-20-8-3-16(13-21(20)33-2)15-26-22(30)19-14-24(34-28-19)9-11-29(12-10-24)23(31)27-18-6-4-17(25)5-7-18/h3-8,13H,9-12,14-15H2,1-2H3,(H,26,30)(H,27,31). The van der Waals surface area contributed by atoms with Crippen LogP contribution < -0.4 is 20.1 Å². The molecule has 3 amide bonds. The first kappa shape index (κ1) is 23.7. The first-order chi connectivity index (χ1) is 16.4. The fourth-order valence-electron chi connectivity index (χ4n) is 4.04. The molecule has 0 aromatic heterocycles. The number of halogens is 1. The number of oxime groups is 1. The molecule has 0 unspecified atom stereocenters. The summed E-state index contributed by atoms with van der Waals surface area (Å²) >= 11 is 5.89. The van der Waals surface area contributed by atoms with Gasteiger partial charge in [-0.2, -0.15) is 0 Å². The number of methoxy groups -OCH3 is 2. The zero-order valence-corrected chi connectivity index (χ0v) is 19.9. The highest BCUT2D eigenvalue weighted by Crippen LogP contribution is 2.35. The molecule has 2 aromatic rings. The number of rotatable bonds is 6. The van der Waals surface area contributed by atoms with Crippen LogP contribution in [0.2, 0.25) is 5.02 Å². The predicted molar refractivity (Wildman–Crippen MR) is 129 cm³/mol. The molecule has 0 aliphatic carbocycles. The van der Waals surface area contributed by atoms with Crippen LogP contribution >= 0.6 is 11.6 Å². The Kier molecular flexibility index (Phi) is 7.12. The van der Waals surface area contributed by atoms with Crippen LogP contribution in [0.1, 0.15) is 24.8 Å². The van der Waals surface area contributed by atoms with E-state index >= 15 is 0 Å². The van der Waals surface area contributed by atoms with E-state index in [1.807, 2.05) is 12.1 Å². The molecule has 0 bridgehead atoms. The average molecular weight is 487 g/mol. The highest BCUT2D eigenvalue weighted by atomic mass is 35.5. The summed E-state index contributed by atoms with van der Waals surface area (Å²) in [6.07, 6.45) is 1.60. The largest absolute Gasteiger partial charge is 0.493 e. The summed E-state index contributed by atoms with van der Waals surface area (Å²) in [6, 6.07) is 12.3. The molecule has 0 saturated carbocycles. The summed E-state index contributed by atoms with van der Waals surface area (Å²) in [5, 5.41) is 10.4. The molecule has 9 nitrogen and oxygen atoms in total. The minimum Gasteiger partial charge on any atom is -0.493 e. The lowest BCUT2D eigenvalue weighted by molar-refractivity contribution is -0.115. The number of carbonyl (C=O) groups excluding carboxylic acids is 2. The summed E-state index contributed by atoms with van der Waals surface area (Å²) in [4.78, 5) is 32.7. The number of urea groups is 1. The molecular formula is C24H27ClN4O5. The van der Waals surface area contributed by atoms with Gasteiger partial charge in [-0.15, -0.1) is 0 Å². The summed E-state index contributed by atoms with van der Waals surface area (Å²) in [6.45, 7) is 1.34. The highest BCUT2D eigenvalue weighted by Gasteiger charge is 2.44. The van der Waals surface area contributed by atoms with Gasteiger partial charge in [0, 0.05) is 49.6 Å². The maximum Gasteiger partial charge on any atom is 0.321 e. The predicted octanol–water partition coefficient (Wildman–Crippen LogP) is 3.82. The second-order valence-electron chi connectivity index (χ2n) is 8.29. The van der Waals surface area contributed by atoms with Crippen molar-refractivity contribution in [2.24, 2.45) is 5.16 Å². The van der Waals surface area contributed by atoms with Gasteiger partial charge in [-0.3, -0.25) is 4.79 Å². The second-order valence-corrected chi connectivity index (χ2v) is 8.72. The number of piperidine rings is 1. The lowest BCUT2D eigenvalue weighted by Crippen LogP contribution is -2.48. The molecule has 10 heteroatoms. The van der Waals surface area contributed by atoms with Crippen molar-refractivity contribution < 1.29 is 23.9 Å². The van der Waals surface area contributed by atoms with Crippen molar-refractivity contribution in [3.8, 4) is 11.5 Å². The van der Waals surface area contributed by atoms with E-state index in [2.05, 4.69) is 15.8 Å². The number of carbonyl (C=O) groups is 2. The molecule has 1 spiro atoms. The number of hydrogen-bond acceptors (Lipinski definition) is 6. The molecule has 1 fully saturated rings. The van der Waals surface area contributed by atoms with Crippen LogP contribution in [-0.4, -0.2) is 55.5 Å². The van der Waals surface area contributed by atoms with E-state index < -0.39 is 5.60 Å². The summed E-state index contributed by atoms with van der Waals surface area (Å²) in [5.41, 5.74) is 1.37. The minimum atomic E-state index is -0.549. The minimum absolute atomic E-state index is 0.177. The van der Waals surface area contributed by atoms with Gasteiger partial charge in [0.05, 0.1) is 14.2 Å². The molecule has 2 N–H and O–H groups in total. The third-order valence-corrected chi connectivity index (χ3v) is 6.31. The van der Waals surface area contributed by atoms with Crippen LogP contribution in [0.25, 0.3) is 0 Å². The van der Waals surface area contributed by atoms with Crippen molar-refractivity contribution in [3.63, 3.8) is 0 Å². The maximum absolute atomic E-state index is 12.7. The maximum atomic E-state index is 12.7. The lowest BCUT2D eigenvalue weighted by atomic mass is 9.87. The Hall–Kier alpha value is -3.46. The monoisotopic (exact) mass is 486 g/mol. The second kappa shape index (κ2) is 10.2. The number of nitrogens with zero attached hydrogens (tertiary/aromatic N) is 2. The quantitative estimate of drug-likeness (QED) is 0.646. The van der Waals surface area contributed by atoms with Crippen LogP contribution in [0.15, 0.2) is 47.6 Å². The molecule has 34 heavy (non-hydrogen) atoms. The van der Waals surface area contributed by atoms with Gasteiger partial charge in [-0.25, -0.2) is 4.79 Å². The highest BCUT2D eigenvalue weighted by molar-refractivity contribution is 6.39. The zero-order valence-electron chi connectivity index (χ0n) is 19.1. The fourth-order valence-corrected chi connectivity index (χ4v) is 4.17. The number of benzene rings is 2. The van der Waals surface area contributed by atoms with E-state index in [1.165, 1.54) is 0 Å².